The molecule has 27 heavy (non-hydrogen) atoms. The van der Waals surface area contributed by atoms with Crippen LogP contribution in [0, 0.1) is 11.3 Å². The molecule has 1 aromatic heterocycles. The van der Waals surface area contributed by atoms with Crippen molar-refractivity contribution in [3.05, 3.63) is 47.3 Å². The van der Waals surface area contributed by atoms with Gasteiger partial charge < -0.3 is 16.2 Å². The van der Waals surface area contributed by atoms with E-state index in [-0.39, 0.29) is 17.8 Å². The minimum Gasteiger partial charge on any atom is -0.378 e. The molecule has 0 saturated carbocycles. The van der Waals surface area contributed by atoms with Crippen molar-refractivity contribution in [1.82, 2.24) is 9.78 Å². The van der Waals surface area contributed by atoms with Crippen molar-refractivity contribution in [3.63, 3.8) is 0 Å². The summed E-state index contributed by atoms with van der Waals surface area (Å²) in [4.78, 5) is 23.3. The number of amides is 2. The molecule has 2 rings (SSSR count). The molecule has 1 aromatic carbocycles. The summed E-state index contributed by atoms with van der Waals surface area (Å²) >= 11 is 0. The predicted octanol–water partition coefficient (Wildman–Crippen LogP) is 1.26. The predicted molar refractivity (Wildman–Crippen MR) is 86.2 cm³/mol. The van der Waals surface area contributed by atoms with Crippen LogP contribution in [0.5, 0.6) is 0 Å². The number of carbonyl (C=O) groups excluding carboxylic acids is 2. The SMILES string of the molecule is C[C@](O)(Cn1cc(C(N)=O)cn1)C(=O)Nc1ccc(C#N)c(C(F)(F)F)c1. The maximum Gasteiger partial charge on any atom is 0.417 e. The second-order valence-corrected chi connectivity index (χ2v) is 5.89. The Balaban J connectivity index is 2.20. The number of rotatable bonds is 5. The van der Waals surface area contributed by atoms with Crippen molar-refractivity contribution in [1.29, 1.82) is 5.26 Å². The first-order valence-electron chi connectivity index (χ1n) is 7.41. The molecular weight excluding hydrogens is 367 g/mol. The molecule has 0 fully saturated rings. The molecular formula is C16H14F3N5O3. The summed E-state index contributed by atoms with van der Waals surface area (Å²) in [6.07, 6.45) is -2.42. The van der Waals surface area contributed by atoms with Crippen LogP contribution in [0.4, 0.5) is 18.9 Å². The number of anilines is 1. The van der Waals surface area contributed by atoms with E-state index < -0.39 is 34.7 Å². The van der Waals surface area contributed by atoms with E-state index >= 15 is 0 Å². The Morgan fingerprint density at radius 2 is 2.07 bits per heavy atom. The van der Waals surface area contributed by atoms with Crippen molar-refractivity contribution < 1.29 is 27.9 Å². The molecule has 0 aliphatic rings. The quantitative estimate of drug-likeness (QED) is 0.717. The van der Waals surface area contributed by atoms with Gasteiger partial charge >= 0.3 is 6.18 Å². The maximum absolute atomic E-state index is 13.0. The Bertz CT molecular complexity index is 928. The lowest BCUT2D eigenvalue weighted by Crippen LogP contribution is -2.43. The number of nitriles is 1. The number of aliphatic hydroxyl groups is 1. The number of nitrogens with zero attached hydrogens (tertiary/aromatic N) is 3. The number of halogens is 3. The zero-order chi connectivity index (χ0) is 20.4. The average molecular weight is 381 g/mol. The van der Waals surface area contributed by atoms with Gasteiger partial charge in [-0.15, -0.1) is 0 Å². The number of aromatic nitrogens is 2. The zero-order valence-electron chi connectivity index (χ0n) is 13.9. The maximum atomic E-state index is 13.0. The monoisotopic (exact) mass is 381 g/mol. The van der Waals surface area contributed by atoms with Crippen LogP contribution in [0.15, 0.2) is 30.6 Å². The van der Waals surface area contributed by atoms with Crippen LogP contribution in [-0.4, -0.2) is 32.3 Å². The van der Waals surface area contributed by atoms with Crippen molar-refractivity contribution >= 4 is 17.5 Å². The third-order valence-electron chi connectivity index (χ3n) is 3.58. The van der Waals surface area contributed by atoms with Gasteiger partial charge in [0.25, 0.3) is 11.8 Å². The molecule has 0 spiro atoms. The number of alkyl halides is 3. The molecule has 0 unspecified atom stereocenters. The highest BCUT2D eigenvalue weighted by Gasteiger charge is 2.35. The van der Waals surface area contributed by atoms with E-state index in [4.69, 9.17) is 11.0 Å². The van der Waals surface area contributed by atoms with Crippen LogP contribution in [0.1, 0.15) is 28.4 Å². The van der Waals surface area contributed by atoms with Gasteiger partial charge in [0.05, 0.1) is 35.5 Å². The van der Waals surface area contributed by atoms with Crippen molar-refractivity contribution in [2.45, 2.75) is 25.2 Å². The molecule has 0 aliphatic carbocycles. The minimum absolute atomic E-state index is 0.0631. The van der Waals surface area contributed by atoms with Gasteiger partial charge in [0, 0.05) is 11.9 Å². The molecule has 0 aliphatic heterocycles. The third kappa shape index (κ3) is 4.62. The number of nitrogens with two attached hydrogens (primary N) is 1. The first-order valence-corrected chi connectivity index (χ1v) is 7.41. The van der Waals surface area contributed by atoms with Crippen LogP contribution < -0.4 is 11.1 Å². The number of benzene rings is 1. The number of carbonyl (C=O) groups is 2. The van der Waals surface area contributed by atoms with E-state index in [1.54, 1.807) is 0 Å². The summed E-state index contributed by atoms with van der Waals surface area (Å²) in [5, 5.41) is 25.0. The minimum atomic E-state index is -4.78. The Labute approximate surface area is 151 Å². The van der Waals surface area contributed by atoms with E-state index in [0.717, 1.165) is 29.9 Å². The lowest BCUT2D eigenvalue weighted by Gasteiger charge is -2.22. The fourth-order valence-electron chi connectivity index (χ4n) is 2.18. The number of nitrogens with one attached hydrogen (secondary N) is 1. The largest absolute Gasteiger partial charge is 0.417 e. The smallest absolute Gasteiger partial charge is 0.378 e. The van der Waals surface area contributed by atoms with Crippen molar-refractivity contribution in [2.75, 3.05) is 5.32 Å². The summed E-state index contributed by atoms with van der Waals surface area (Å²) in [5.41, 5.74) is 1.03. The van der Waals surface area contributed by atoms with Crippen LogP contribution in [-0.2, 0) is 17.5 Å². The van der Waals surface area contributed by atoms with Crippen LogP contribution in [0.3, 0.4) is 0 Å². The zero-order valence-corrected chi connectivity index (χ0v) is 13.9. The normalized spacial score (nSPS) is 13.5. The summed E-state index contributed by atoms with van der Waals surface area (Å²) < 4.78 is 40.0. The highest BCUT2D eigenvalue weighted by Crippen LogP contribution is 2.33. The molecule has 2 aromatic rings. The molecule has 0 saturated heterocycles. The van der Waals surface area contributed by atoms with Crippen molar-refractivity contribution in [3.8, 4) is 6.07 Å². The second-order valence-electron chi connectivity index (χ2n) is 5.89. The van der Waals surface area contributed by atoms with Gasteiger partial charge in [0.2, 0.25) is 0 Å². The molecule has 4 N–H and O–H groups in total. The summed E-state index contributed by atoms with van der Waals surface area (Å²) in [6.45, 7) is 0.747. The molecule has 0 bridgehead atoms. The Morgan fingerprint density at radius 3 is 2.59 bits per heavy atom. The highest BCUT2D eigenvalue weighted by molar-refractivity contribution is 5.97. The van der Waals surface area contributed by atoms with Crippen LogP contribution in [0.25, 0.3) is 0 Å². The fraction of sp³-hybridized carbons (Fsp3) is 0.250. The molecule has 11 heteroatoms. The van der Waals surface area contributed by atoms with E-state index in [1.165, 1.54) is 12.3 Å². The summed E-state index contributed by atoms with van der Waals surface area (Å²) in [6, 6.07) is 4.06. The Hall–Kier alpha value is -3.39. The van der Waals surface area contributed by atoms with Gasteiger partial charge in [-0.05, 0) is 25.1 Å². The molecule has 0 radical (unpaired) electrons. The standard InChI is InChI=1S/C16H14F3N5O3/c1-15(27,8-24-7-10(6-22-24)13(21)25)14(26)23-11-3-2-9(5-20)12(4-11)16(17,18)19/h2-4,6-7,27H,8H2,1H3,(H2,21,25)(H,23,26)/t15-/m0/s1. The highest BCUT2D eigenvalue weighted by atomic mass is 19.4. The van der Waals surface area contributed by atoms with Gasteiger partial charge in [0.15, 0.2) is 5.60 Å². The van der Waals surface area contributed by atoms with Crippen LogP contribution >= 0.6 is 0 Å². The lowest BCUT2D eigenvalue weighted by molar-refractivity contribution is -0.138. The average Bonchev–Trinajstić information content (AvgIpc) is 3.02. The molecule has 2 amide bonds. The molecule has 1 heterocycles. The molecule has 142 valence electrons. The number of hydrogen-bond acceptors (Lipinski definition) is 5. The second kappa shape index (κ2) is 7.08. The van der Waals surface area contributed by atoms with Gasteiger partial charge in [0.1, 0.15) is 0 Å². The molecule has 8 nitrogen and oxygen atoms in total. The first-order chi connectivity index (χ1) is 12.4. The number of hydrogen-bond donors (Lipinski definition) is 3. The van der Waals surface area contributed by atoms with Crippen molar-refractivity contribution in [2.24, 2.45) is 5.73 Å². The van der Waals surface area contributed by atoms with Gasteiger partial charge in [-0.2, -0.15) is 23.5 Å². The summed E-state index contributed by atoms with van der Waals surface area (Å²) in [7, 11) is 0. The Morgan fingerprint density at radius 1 is 1.41 bits per heavy atom. The van der Waals surface area contributed by atoms with Gasteiger partial charge in [-0.1, -0.05) is 0 Å². The molecule has 1 atom stereocenters. The Kier molecular flexibility index (Phi) is 5.23. The fourth-order valence-corrected chi connectivity index (χ4v) is 2.18. The first kappa shape index (κ1) is 19.9. The number of primary amides is 1. The van der Waals surface area contributed by atoms with Gasteiger partial charge in [-0.3, -0.25) is 14.3 Å². The lowest BCUT2D eigenvalue weighted by atomic mass is 10.0. The van der Waals surface area contributed by atoms with Crippen LogP contribution in [0.2, 0.25) is 0 Å². The van der Waals surface area contributed by atoms with E-state index in [2.05, 4.69) is 10.4 Å². The third-order valence-corrected chi connectivity index (χ3v) is 3.58. The van der Waals surface area contributed by atoms with Gasteiger partial charge in [-0.25, -0.2) is 0 Å². The summed E-state index contributed by atoms with van der Waals surface area (Å²) in [5.74, 6) is -1.75. The topological polar surface area (TPSA) is 134 Å². The van der Waals surface area contributed by atoms with E-state index in [9.17, 15) is 27.9 Å². The van der Waals surface area contributed by atoms with E-state index in [1.807, 2.05) is 0 Å². The van der Waals surface area contributed by atoms with E-state index in [0.29, 0.717) is 6.07 Å².